The molecule has 0 spiro atoms. The van der Waals surface area contributed by atoms with Gasteiger partial charge in [0.05, 0.1) is 9.79 Å². The number of unbranched alkanes of at least 4 members (excludes halogenated alkanes) is 1. The quantitative estimate of drug-likeness (QED) is 0.656. The maximum Gasteiger partial charge on any atom is 0.243 e. The topological polar surface area (TPSA) is 110 Å². The lowest BCUT2D eigenvalue weighted by atomic mass is 10.2. The Labute approximate surface area is 144 Å². The molecule has 0 atom stereocenters. The van der Waals surface area contributed by atoms with E-state index in [1.165, 1.54) is 28.6 Å². The molecule has 1 heterocycles. The summed E-state index contributed by atoms with van der Waals surface area (Å²) in [5, 5.41) is 0. The van der Waals surface area contributed by atoms with Crippen LogP contribution in [0, 0.1) is 0 Å². The van der Waals surface area contributed by atoms with Gasteiger partial charge in [-0.15, -0.1) is 0 Å². The second-order valence-electron chi connectivity index (χ2n) is 5.83. The van der Waals surface area contributed by atoms with Crippen molar-refractivity contribution in [2.45, 2.75) is 41.9 Å². The van der Waals surface area contributed by atoms with Crippen LogP contribution >= 0.6 is 0 Å². The monoisotopic (exact) mass is 375 g/mol. The molecule has 0 aromatic heterocycles. The highest BCUT2D eigenvalue weighted by Crippen LogP contribution is 2.22. The third-order valence-electron chi connectivity index (χ3n) is 3.99. The molecule has 24 heavy (non-hydrogen) atoms. The van der Waals surface area contributed by atoms with Crippen molar-refractivity contribution in [3.63, 3.8) is 0 Å². The largest absolute Gasteiger partial charge is 0.330 e. The zero-order valence-corrected chi connectivity index (χ0v) is 15.3. The zero-order valence-electron chi connectivity index (χ0n) is 13.6. The summed E-state index contributed by atoms with van der Waals surface area (Å²) in [5.74, 6) is 0. The predicted molar refractivity (Wildman–Crippen MR) is 92.5 cm³/mol. The maximum absolute atomic E-state index is 12.7. The molecule has 1 aliphatic rings. The van der Waals surface area contributed by atoms with Gasteiger partial charge in [-0.3, -0.25) is 0 Å². The smallest absolute Gasteiger partial charge is 0.243 e. The molecule has 0 aliphatic carbocycles. The molecular weight excluding hydrogens is 350 g/mol. The van der Waals surface area contributed by atoms with Crippen LogP contribution in [0.3, 0.4) is 0 Å². The molecule has 7 nitrogen and oxygen atoms in total. The minimum atomic E-state index is -3.73. The Morgan fingerprint density at radius 1 is 1.00 bits per heavy atom. The van der Waals surface area contributed by atoms with Gasteiger partial charge in [0.1, 0.15) is 0 Å². The van der Waals surface area contributed by atoms with Crippen LogP contribution in [0.5, 0.6) is 0 Å². The van der Waals surface area contributed by atoms with Crippen molar-refractivity contribution in [3.8, 4) is 0 Å². The van der Waals surface area contributed by atoms with Crippen LogP contribution in [0.25, 0.3) is 0 Å². The van der Waals surface area contributed by atoms with Crippen LogP contribution < -0.4 is 10.5 Å². The first kappa shape index (κ1) is 19.3. The summed E-state index contributed by atoms with van der Waals surface area (Å²) >= 11 is 0. The standard InChI is InChI=1S/C15H25N3O4S2/c16-9-2-3-10-17-23(19,20)14-7-6-8-15(13-14)24(21,22)18-11-4-1-5-12-18/h6-8,13,17H,1-5,9-12,16H2. The lowest BCUT2D eigenvalue weighted by Gasteiger charge is -2.26. The molecule has 0 saturated carbocycles. The number of piperidine rings is 1. The van der Waals surface area contributed by atoms with E-state index in [9.17, 15) is 16.8 Å². The number of benzene rings is 1. The van der Waals surface area contributed by atoms with Crippen molar-refractivity contribution < 1.29 is 16.8 Å². The van der Waals surface area contributed by atoms with Crippen molar-refractivity contribution in [3.05, 3.63) is 24.3 Å². The number of hydrogen-bond donors (Lipinski definition) is 2. The Morgan fingerprint density at radius 2 is 1.67 bits per heavy atom. The highest BCUT2D eigenvalue weighted by Gasteiger charge is 2.27. The molecule has 0 radical (unpaired) electrons. The van der Waals surface area contributed by atoms with Gasteiger partial charge in [-0.1, -0.05) is 12.5 Å². The molecule has 1 aromatic carbocycles. The molecule has 136 valence electrons. The fourth-order valence-electron chi connectivity index (χ4n) is 2.62. The van der Waals surface area contributed by atoms with E-state index in [1.807, 2.05) is 0 Å². The minimum absolute atomic E-state index is 0.0224. The van der Waals surface area contributed by atoms with Crippen LogP contribution in [0.4, 0.5) is 0 Å². The molecule has 9 heteroatoms. The van der Waals surface area contributed by atoms with Crippen LogP contribution in [0.1, 0.15) is 32.1 Å². The van der Waals surface area contributed by atoms with E-state index >= 15 is 0 Å². The lowest BCUT2D eigenvalue weighted by Crippen LogP contribution is -2.35. The van der Waals surface area contributed by atoms with Gasteiger partial charge in [0, 0.05) is 19.6 Å². The molecule has 0 unspecified atom stereocenters. The number of nitrogens with zero attached hydrogens (tertiary/aromatic N) is 1. The highest BCUT2D eigenvalue weighted by molar-refractivity contribution is 7.90. The van der Waals surface area contributed by atoms with Crippen LogP contribution in [-0.2, 0) is 20.0 Å². The number of sulfonamides is 2. The van der Waals surface area contributed by atoms with E-state index in [4.69, 9.17) is 5.73 Å². The average molecular weight is 376 g/mol. The molecule has 1 aliphatic heterocycles. The van der Waals surface area contributed by atoms with E-state index in [0.29, 0.717) is 26.1 Å². The third kappa shape index (κ3) is 4.76. The zero-order chi connectivity index (χ0) is 17.6. The van der Waals surface area contributed by atoms with Crippen molar-refractivity contribution in [1.82, 2.24) is 9.03 Å². The van der Waals surface area contributed by atoms with Crippen LogP contribution in [0.2, 0.25) is 0 Å². The Kier molecular flexibility index (Phi) is 6.76. The Morgan fingerprint density at radius 3 is 2.33 bits per heavy atom. The van der Waals surface area contributed by atoms with E-state index in [0.717, 1.165) is 25.7 Å². The van der Waals surface area contributed by atoms with Gasteiger partial charge in [-0.05, 0) is 50.4 Å². The molecular formula is C15H25N3O4S2. The van der Waals surface area contributed by atoms with Crippen LogP contribution in [0.15, 0.2) is 34.1 Å². The van der Waals surface area contributed by atoms with Gasteiger partial charge >= 0.3 is 0 Å². The minimum Gasteiger partial charge on any atom is -0.330 e. The van der Waals surface area contributed by atoms with Gasteiger partial charge in [0.15, 0.2) is 0 Å². The number of nitrogens with one attached hydrogen (secondary N) is 1. The summed E-state index contributed by atoms with van der Waals surface area (Å²) in [6.45, 7) is 1.75. The Bertz CT molecular complexity index is 742. The number of nitrogens with two attached hydrogens (primary N) is 1. The molecule has 1 saturated heterocycles. The first-order valence-corrected chi connectivity index (χ1v) is 11.1. The van der Waals surface area contributed by atoms with Gasteiger partial charge in [-0.2, -0.15) is 4.31 Å². The summed E-state index contributed by atoms with van der Waals surface area (Å²) < 4.78 is 53.8. The molecule has 1 fully saturated rings. The first-order chi connectivity index (χ1) is 11.4. The average Bonchev–Trinajstić information content (AvgIpc) is 2.60. The predicted octanol–water partition coefficient (Wildman–Crippen LogP) is 0.878. The first-order valence-electron chi connectivity index (χ1n) is 8.18. The van der Waals surface area contributed by atoms with Gasteiger partial charge < -0.3 is 5.73 Å². The second-order valence-corrected chi connectivity index (χ2v) is 9.54. The molecule has 0 bridgehead atoms. The van der Waals surface area contributed by atoms with E-state index in [1.54, 1.807) is 0 Å². The summed E-state index contributed by atoms with van der Waals surface area (Å²) in [7, 11) is -7.38. The number of hydrogen-bond acceptors (Lipinski definition) is 5. The van der Waals surface area contributed by atoms with Gasteiger partial charge in [0.25, 0.3) is 0 Å². The molecule has 0 amide bonds. The van der Waals surface area contributed by atoms with Crippen LogP contribution in [-0.4, -0.2) is 47.3 Å². The van der Waals surface area contributed by atoms with E-state index in [-0.39, 0.29) is 16.3 Å². The Hall–Kier alpha value is -1.00. The molecule has 2 rings (SSSR count). The van der Waals surface area contributed by atoms with E-state index < -0.39 is 20.0 Å². The number of rotatable bonds is 8. The van der Waals surface area contributed by atoms with Gasteiger partial charge in [0.2, 0.25) is 20.0 Å². The summed E-state index contributed by atoms with van der Waals surface area (Å²) in [6, 6.07) is 5.54. The highest BCUT2D eigenvalue weighted by atomic mass is 32.2. The maximum atomic E-state index is 12.7. The molecule has 3 N–H and O–H groups in total. The summed E-state index contributed by atoms with van der Waals surface area (Å²) in [4.78, 5) is -0.0115. The normalized spacial score (nSPS) is 17.0. The van der Waals surface area contributed by atoms with Crippen molar-refractivity contribution in [2.24, 2.45) is 5.73 Å². The van der Waals surface area contributed by atoms with Crippen molar-refractivity contribution >= 4 is 20.0 Å². The Balaban J connectivity index is 2.18. The van der Waals surface area contributed by atoms with Gasteiger partial charge in [-0.25, -0.2) is 21.6 Å². The van der Waals surface area contributed by atoms with E-state index in [2.05, 4.69) is 4.72 Å². The fraction of sp³-hybridized carbons (Fsp3) is 0.600. The SMILES string of the molecule is NCCCCNS(=O)(=O)c1cccc(S(=O)(=O)N2CCCCC2)c1. The third-order valence-corrected chi connectivity index (χ3v) is 7.34. The second kappa shape index (κ2) is 8.39. The fourth-order valence-corrected chi connectivity index (χ4v) is 5.37. The lowest BCUT2D eigenvalue weighted by molar-refractivity contribution is 0.346. The van der Waals surface area contributed by atoms with Crippen molar-refractivity contribution in [1.29, 1.82) is 0 Å². The summed E-state index contributed by atoms with van der Waals surface area (Å²) in [6.07, 6.45) is 4.06. The molecule has 1 aromatic rings. The van der Waals surface area contributed by atoms with Crippen molar-refractivity contribution in [2.75, 3.05) is 26.2 Å². The summed E-state index contributed by atoms with van der Waals surface area (Å²) in [5.41, 5.74) is 5.38.